The second kappa shape index (κ2) is 6.30. The molecule has 1 saturated carbocycles. The molecule has 1 aromatic carbocycles. The van der Waals surface area contributed by atoms with E-state index in [0.717, 1.165) is 43.7 Å². The molecule has 1 unspecified atom stereocenters. The first-order valence-electron chi connectivity index (χ1n) is 8.75. The third kappa shape index (κ3) is 2.79. The van der Waals surface area contributed by atoms with E-state index < -0.39 is 0 Å². The number of aryl methyl sites for hydroxylation is 1. The fourth-order valence-electron chi connectivity index (χ4n) is 3.65. The van der Waals surface area contributed by atoms with Crippen LogP contribution in [0.3, 0.4) is 0 Å². The van der Waals surface area contributed by atoms with Gasteiger partial charge in [0, 0.05) is 12.0 Å². The minimum Gasteiger partial charge on any atom is -0.497 e. The van der Waals surface area contributed by atoms with E-state index in [-0.39, 0.29) is 11.8 Å². The van der Waals surface area contributed by atoms with Crippen LogP contribution in [0.25, 0.3) is 0 Å². The molecular weight excluding hydrogens is 302 g/mol. The number of methoxy groups -OCH3 is 1. The molecule has 0 aliphatic heterocycles. The number of hydrogen-bond donors (Lipinski definition) is 1. The van der Waals surface area contributed by atoms with Crippen molar-refractivity contribution in [2.45, 2.75) is 44.6 Å². The number of amides is 1. The van der Waals surface area contributed by atoms with Crippen LogP contribution in [0.2, 0.25) is 0 Å². The topological polar surface area (TPSA) is 56.1 Å². The molecule has 0 saturated heterocycles. The highest BCUT2D eigenvalue weighted by molar-refractivity contribution is 5.92. The molecule has 1 amide bonds. The Morgan fingerprint density at radius 3 is 2.88 bits per heavy atom. The van der Waals surface area contributed by atoms with Gasteiger partial charge in [-0.2, -0.15) is 5.10 Å². The standard InChI is InChI=1S/C19H23N3O2/c1-24-17-8-7-13-11-15(6-5-14(13)12-17)19(23)21-18-9-10-20-22(18)16-3-2-4-16/h7-10,12,15-16H,2-6,11H2,1H3,(H,21,23). The lowest BCUT2D eigenvalue weighted by atomic mass is 9.83. The summed E-state index contributed by atoms with van der Waals surface area (Å²) in [6.07, 6.45) is 7.93. The lowest BCUT2D eigenvalue weighted by Gasteiger charge is -2.28. The van der Waals surface area contributed by atoms with Crippen LogP contribution in [0.4, 0.5) is 5.82 Å². The molecule has 2 aromatic rings. The van der Waals surface area contributed by atoms with Crippen LogP contribution in [0.5, 0.6) is 5.75 Å². The van der Waals surface area contributed by atoms with Crippen molar-refractivity contribution in [1.82, 2.24) is 9.78 Å². The Kier molecular flexibility index (Phi) is 4.00. The zero-order chi connectivity index (χ0) is 16.5. The van der Waals surface area contributed by atoms with Crippen LogP contribution in [0.1, 0.15) is 42.9 Å². The molecule has 0 spiro atoms. The van der Waals surface area contributed by atoms with Crippen LogP contribution >= 0.6 is 0 Å². The molecule has 126 valence electrons. The van der Waals surface area contributed by atoms with Crippen molar-refractivity contribution < 1.29 is 9.53 Å². The van der Waals surface area contributed by atoms with Crippen molar-refractivity contribution in [3.05, 3.63) is 41.6 Å². The molecule has 1 N–H and O–H groups in total. The summed E-state index contributed by atoms with van der Waals surface area (Å²) in [6.45, 7) is 0. The summed E-state index contributed by atoms with van der Waals surface area (Å²) in [4.78, 5) is 12.7. The lowest BCUT2D eigenvalue weighted by Crippen LogP contribution is -2.30. The van der Waals surface area contributed by atoms with Gasteiger partial charge in [0.25, 0.3) is 0 Å². The van der Waals surface area contributed by atoms with Crippen LogP contribution in [0.15, 0.2) is 30.5 Å². The number of fused-ring (bicyclic) bond motifs is 1. The Hall–Kier alpha value is -2.30. The van der Waals surface area contributed by atoms with E-state index in [1.807, 2.05) is 16.8 Å². The van der Waals surface area contributed by atoms with Crippen molar-refractivity contribution >= 4 is 11.7 Å². The minimum atomic E-state index is 0.0237. The third-order valence-electron chi connectivity index (χ3n) is 5.35. The Morgan fingerprint density at radius 2 is 2.12 bits per heavy atom. The van der Waals surface area contributed by atoms with E-state index in [4.69, 9.17) is 4.74 Å². The lowest BCUT2D eigenvalue weighted by molar-refractivity contribution is -0.120. The summed E-state index contributed by atoms with van der Waals surface area (Å²) in [5.74, 6) is 1.86. The maximum atomic E-state index is 12.7. The maximum Gasteiger partial charge on any atom is 0.228 e. The van der Waals surface area contributed by atoms with Gasteiger partial charge in [-0.05, 0) is 61.8 Å². The SMILES string of the molecule is COc1ccc2c(c1)CCC(C(=O)Nc1ccnn1C1CCC1)C2. The van der Waals surface area contributed by atoms with Gasteiger partial charge >= 0.3 is 0 Å². The van der Waals surface area contributed by atoms with E-state index in [2.05, 4.69) is 22.5 Å². The largest absolute Gasteiger partial charge is 0.497 e. The summed E-state index contributed by atoms with van der Waals surface area (Å²) >= 11 is 0. The Bertz CT molecular complexity index is 749. The Labute approximate surface area is 142 Å². The fraction of sp³-hybridized carbons (Fsp3) is 0.474. The first kappa shape index (κ1) is 15.2. The van der Waals surface area contributed by atoms with Gasteiger partial charge in [0.15, 0.2) is 0 Å². The van der Waals surface area contributed by atoms with E-state index in [9.17, 15) is 4.79 Å². The van der Waals surface area contributed by atoms with Gasteiger partial charge in [0.2, 0.25) is 5.91 Å². The number of anilines is 1. The summed E-state index contributed by atoms with van der Waals surface area (Å²) in [7, 11) is 1.69. The Balaban J connectivity index is 1.45. The van der Waals surface area contributed by atoms with Crippen molar-refractivity contribution in [2.75, 3.05) is 12.4 Å². The predicted molar refractivity (Wildman–Crippen MR) is 92.3 cm³/mol. The molecule has 24 heavy (non-hydrogen) atoms. The fourth-order valence-corrected chi connectivity index (χ4v) is 3.65. The molecule has 1 heterocycles. The number of rotatable bonds is 4. The smallest absolute Gasteiger partial charge is 0.228 e. The summed E-state index contributed by atoms with van der Waals surface area (Å²) in [5.41, 5.74) is 2.56. The third-order valence-corrected chi connectivity index (χ3v) is 5.35. The molecule has 2 aliphatic carbocycles. The first-order valence-corrected chi connectivity index (χ1v) is 8.75. The van der Waals surface area contributed by atoms with Gasteiger partial charge in [-0.3, -0.25) is 4.79 Å². The van der Waals surface area contributed by atoms with Crippen molar-refractivity contribution in [2.24, 2.45) is 5.92 Å². The van der Waals surface area contributed by atoms with Crippen LogP contribution in [0, 0.1) is 5.92 Å². The highest BCUT2D eigenvalue weighted by Crippen LogP contribution is 2.34. The number of benzene rings is 1. The van der Waals surface area contributed by atoms with E-state index in [1.54, 1.807) is 13.3 Å². The maximum absolute atomic E-state index is 12.7. The molecule has 5 nitrogen and oxygen atoms in total. The summed E-state index contributed by atoms with van der Waals surface area (Å²) < 4.78 is 7.26. The van der Waals surface area contributed by atoms with Crippen molar-refractivity contribution in [3.63, 3.8) is 0 Å². The molecule has 1 atom stereocenters. The highest BCUT2D eigenvalue weighted by atomic mass is 16.5. The van der Waals surface area contributed by atoms with Gasteiger partial charge in [0.1, 0.15) is 11.6 Å². The first-order chi connectivity index (χ1) is 11.7. The second-order valence-electron chi connectivity index (χ2n) is 6.81. The number of ether oxygens (including phenoxy) is 1. The van der Waals surface area contributed by atoms with Crippen LogP contribution in [-0.2, 0) is 17.6 Å². The van der Waals surface area contributed by atoms with Gasteiger partial charge in [-0.15, -0.1) is 0 Å². The second-order valence-corrected chi connectivity index (χ2v) is 6.81. The Morgan fingerprint density at radius 1 is 1.25 bits per heavy atom. The molecule has 4 rings (SSSR count). The minimum absolute atomic E-state index is 0.0237. The number of carbonyl (C=O) groups is 1. The number of aromatic nitrogens is 2. The van der Waals surface area contributed by atoms with Crippen LogP contribution < -0.4 is 10.1 Å². The van der Waals surface area contributed by atoms with E-state index in [0.29, 0.717) is 6.04 Å². The zero-order valence-electron chi connectivity index (χ0n) is 14.0. The van der Waals surface area contributed by atoms with E-state index >= 15 is 0 Å². The van der Waals surface area contributed by atoms with Gasteiger partial charge in [0.05, 0.1) is 19.3 Å². The number of nitrogens with one attached hydrogen (secondary N) is 1. The monoisotopic (exact) mass is 325 g/mol. The molecule has 1 fully saturated rings. The highest BCUT2D eigenvalue weighted by Gasteiger charge is 2.27. The summed E-state index contributed by atoms with van der Waals surface area (Å²) in [5, 5.41) is 7.48. The normalized spacial score (nSPS) is 20.1. The van der Waals surface area contributed by atoms with Gasteiger partial charge in [-0.1, -0.05) is 6.07 Å². The average Bonchev–Trinajstić information content (AvgIpc) is 3.00. The van der Waals surface area contributed by atoms with Gasteiger partial charge in [-0.25, -0.2) is 4.68 Å². The number of carbonyl (C=O) groups excluding carboxylic acids is 1. The molecule has 0 radical (unpaired) electrons. The predicted octanol–water partition coefficient (Wildman–Crippen LogP) is 3.36. The average molecular weight is 325 g/mol. The van der Waals surface area contributed by atoms with Gasteiger partial charge < -0.3 is 10.1 Å². The van der Waals surface area contributed by atoms with E-state index in [1.165, 1.54) is 17.5 Å². The molecule has 1 aromatic heterocycles. The molecule has 5 heteroatoms. The number of nitrogens with zero attached hydrogens (tertiary/aromatic N) is 2. The molecule has 2 aliphatic rings. The van der Waals surface area contributed by atoms with Crippen LogP contribution in [-0.4, -0.2) is 22.8 Å². The van der Waals surface area contributed by atoms with Crippen molar-refractivity contribution in [1.29, 1.82) is 0 Å². The summed E-state index contributed by atoms with van der Waals surface area (Å²) in [6, 6.07) is 8.51. The molecule has 0 bridgehead atoms. The molecular formula is C19H23N3O2. The quantitative estimate of drug-likeness (QED) is 0.938. The number of hydrogen-bond acceptors (Lipinski definition) is 3. The zero-order valence-corrected chi connectivity index (χ0v) is 14.0. The van der Waals surface area contributed by atoms with Crippen molar-refractivity contribution in [3.8, 4) is 5.75 Å².